The molecule has 0 saturated carbocycles. The predicted octanol–water partition coefficient (Wildman–Crippen LogP) is 1.22. The minimum Gasteiger partial charge on any atom is -0.783 e. The molecule has 1 aliphatic heterocycles. The maximum atomic E-state index is 11.1. The van der Waals surface area contributed by atoms with E-state index in [0.29, 0.717) is 13.2 Å². The van der Waals surface area contributed by atoms with Gasteiger partial charge in [-0.2, -0.15) is 0 Å². The van der Waals surface area contributed by atoms with Crippen molar-refractivity contribution in [3.05, 3.63) is 35.5 Å². The number of ether oxygens (including phenoxy) is 2. The zero-order chi connectivity index (χ0) is 9.80. The fraction of sp³-hybridized carbons (Fsp3) is 0.400. The van der Waals surface area contributed by atoms with Gasteiger partial charge in [0, 0.05) is 6.54 Å². The Morgan fingerprint density at radius 3 is 2.86 bits per heavy atom. The summed E-state index contributed by atoms with van der Waals surface area (Å²) in [7, 11) is 0. The average Bonchev–Trinajstić information content (AvgIpc) is 2.63. The van der Waals surface area contributed by atoms with Gasteiger partial charge in [-0.05, 0) is 12.1 Å². The van der Waals surface area contributed by atoms with Crippen molar-refractivity contribution in [3.8, 4) is 5.75 Å². The Balaban J connectivity index is 1.82. The van der Waals surface area contributed by atoms with Crippen molar-refractivity contribution in [3.63, 3.8) is 0 Å². The van der Waals surface area contributed by atoms with Crippen LogP contribution in [0.3, 0.4) is 0 Å². The van der Waals surface area contributed by atoms with E-state index in [2.05, 4.69) is 0 Å². The molecule has 1 fully saturated rings. The van der Waals surface area contributed by atoms with Crippen LogP contribution in [0.1, 0.15) is 0 Å². The molecule has 4 nitrogen and oxygen atoms in total. The Labute approximate surface area is 82.6 Å². The summed E-state index contributed by atoms with van der Waals surface area (Å²) in [4.78, 5) is 0. The standard InChI is InChI=1S/C10H12NO3/c12-11-6-7-13-10(11)8-14-9-4-2-1-3-5-9/h1-5,10H,6-8H2/q-1. The summed E-state index contributed by atoms with van der Waals surface area (Å²) in [6.45, 7) is 1.21. The summed E-state index contributed by atoms with van der Waals surface area (Å²) in [5.41, 5.74) is 0. The van der Waals surface area contributed by atoms with Crippen LogP contribution in [0.15, 0.2) is 30.3 Å². The largest absolute Gasteiger partial charge is 0.783 e. The van der Waals surface area contributed by atoms with E-state index in [1.807, 2.05) is 30.3 Å². The Morgan fingerprint density at radius 2 is 2.21 bits per heavy atom. The van der Waals surface area contributed by atoms with Crippen molar-refractivity contribution in [2.24, 2.45) is 0 Å². The number of rotatable bonds is 3. The lowest BCUT2D eigenvalue weighted by molar-refractivity contribution is 0.0162. The zero-order valence-corrected chi connectivity index (χ0v) is 7.76. The molecular formula is C10H12NO3-. The molecule has 1 aromatic carbocycles. The highest BCUT2D eigenvalue weighted by Gasteiger charge is 2.17. The molecule has 1 heterocycles. The van der Waals surface area contributed by atoms with Gasteiger partial charge in [-0.3, -0.25) is 0 Å². The van der Waals surface area contributed by atoms with Crippen LogP contribution >= 0.6 is 0 Å². The molecule has 1 atom stereocenters. The van der Waals surface area contributed by atoms with Crippen molar-refractivity contribution in [2.75, 3.05) is 19.8 Å². The first kappa shape index (κ1) is 9.45. The smallest absolute Gasteiger partial charge is 0.133 e. The van der Waals surface area contributed by atoms with Gasteiger partial charge in [-0.15, -0.1) is 0 Å². The number of nitrogens with zero attached hydrogens (tertiary/aromatic N) is 1. The van der Waals surface area contributed by atoms with Crippen molar-refractivity contribution >= 4 is 0 Å². The highest BCUT2D eigenvalue weighted by Crippen LogP contribution is 2.12. The van der Waals surface area contributed by atoms with E-state index < -0.39 is 6.23 Å². The van der Waals surface area contributed by atoms with Gasteiger partial charge in [0.2, 0.25) is 0 Å². The van der Waals surface area contributed by atoms with E-state index in [9.17, 15) is 5.21 Å². The molecule has 2 rings (SSSR count). The molecule has 1 aromatic rings. The molecule has 0 N–H and O–H groups in total. The van der Waals surface area contributed by atoms with Crippen LogP contribution in [0.2, 0.25) is 0 Å². The summed E-state index contributed by atoms with van der Waals surface area (Å²) < 4.78 is 10.6. The van der Waals surface area contributed by atoms with E-state index in [-0.39, 0.29) is 6.61 Å². The van der Waals surface area contributed by atoms with Crippen molar-refractivity contribution in [1.29, 1.82) is 0 Å². The zero-order valence-electron chi connectivity index (χ0n) is 7.76. The molecule has 1 unspecified atom stereocenters. The predicted molar refractivity (Wildman–Crippen MR) is 51.8 cm³/mol. The Bertz CT molecular complexity index is 278. The van der Waals surface area contributed by atoms with Crippen LogP contribution in [0.25, 0.3) is 0 Å². The molecular weight excluding hydrogens is 182 g/mol. The van der Waals surface area contributed by atoms with Gasteiger partial charge in [-0.1, -0.05) is 18.2 Å². The Morgan fingerprint density at radius 1 is 1.43 bits per heavy atom. The normalized spacial score (nSPS) is 22.5. The first-order chi connectivity index (χ1) is 6.86. The number of para-hydroxylation sites is 1. The first-order valence-electron chi connectivity index (χ1n) is 4.59. The lowest BCUT2D eigenvalue weighted by atomic mass is 10.3. The number of hydroxylamine groups is 2. The van der Waals surface area contributed by atoms with Crippen molar-refractivity contribution < 1.29 is 9.47 Å². The molecule has 4 heteroatoms. The first-order valence-corrected chi connectivity index (χ1v) is 4.59. The summed E-state index contributed by atoms with van der Waals surface area (Å²) >= 11 is 0. The molecule has 0 aromatic heterocycles. The van der Waals surface area contributed by atoms with E-state index in [1.54, 1.807) is 0 Å². The molecule has 1 aliphatic rings. The van der Waals surface area contributed by atoms with Gasteiger partial charge in [0.15, 0.2) is 0 Å². The quantitative estimate of drug-likeness (QED) is 0.725. The lowest BCUT2D eigenvalue weighted by Gasteiger charge is -2.27. The van der Waals surface area contributed by atoms with Crippen molar-refractivity contribution in [2.45, 2.75) is 6.23 Å². The summed E-state index contributed by atoms with van der Waals surface area (Å²) in [6.07, 6.45) is -0.449. The van der Waals surface area contributed by atoms with Crippen LogP contribution in [-0.2, 0) is 4.74 Å². The summed E-state index contributed by atoms with van der Waals surface area (Å²) in [5.74, 6) is 0.761. The summed E-state index contributed by atoms with van der Waals surface area (Å²) in [5, 5.41) is 12.0. The van der Waals surface area contributed by atoms with Gasteiger partial charge < -0.3 is 19.7 Å². The minimum atomic E-state index is -0.449. The molecule has 0 aliphatic carbocycles. The maximum Gasteiger partial charge on any atom is 0.133 e. The van der Waals surface area contributed by atoms with Crippen LogP contribution in [0.5, 0.6) is 5.75 Å². The van der Waals surface area contributed by atoms with E-state index in [0.717, 1.165) is 10.8 Å². The topological polar surface area (TPSA) is 44.8 Å². The van der Waals surface area contributed by atoms with Gasteiger partial charge in [0.1, 0.15) is 18.6 Å². The SMILES string of the molecule is [O-]N1CCOC1COc1ccccc1. The second-order valence-corrected chi connectivity index (χ2v) is 3.09. The maximum absolute atomic E-state index is 11.1. The van der Waals surface area contributed by atoms with Crippen molar-refractivity contribution in [1.82, 2.24) is 5.06 Å². The minimum absolute atomic E-state index is 0.285. The van der Waals surface area contributed by atoms with E-state index in [1.165, 1.54) is 0 Å². The fourth-order valence-corrected chi connectivity index (χ4v) is 1.32. The molecule has 0 bridgehead atoms. The lowest BCUT2D eigenvalue weighted by Crippen LogP contribution is -2.30. The third kappa shape index (κ3) is 2.23. The van der Waals surface area contributed by atoms with Gasteiger partial charge >= 0.3 is 0 Å². The highest BCUT2D eigenvalue weighted by molar-refractivity contribution is 5.20. The average molecular weight is 194 g/mol. The van der Waals surface area contributed by atoms with Gasteiger partial charge in [-0.25, -0.2) is 0 Å². The molecule has 0 spiro atoms. The van der Waals surface area contributed by atoms with Gasteiger partial charge in [0.25, 0.3) is 0 Å². The second kappa shape index (κ2) is 4.41. The third-order valence-corrected chi connectivity index (χ3v) is 2.08. The fourth-order valence-electron chi connectivity index (χ4n) is 1.32. The highest BCUT2D eigenvalue weighted by atomic mass is 16.6. The molecule has 0 amide bonds. The van der Waals surface area contributed by atoms with E-state index >= 15 is 0 Å². The third-order valence-electron chi connectivity index (χ3n) is 2.08. The van der Waals surface area contributed by atoms with Crippen LogP contribution in [-0.4, -0.2) is 31.0 Å². The number of hydrogen-bond donors (Lipinski definition) is 0. The molecule has 14 heavy (non-hydrogen) atoms. The van der Waals surface area contributed by atoms with Crippen LogP contribution < -0.4 is 4.74 Å². The monoisotopic (exact) mass is 194 g/mol. The number of hydrogen-bond acceptors (Lipinski definition) is 4. The molecule has 0 radical (unpaired) electrons. The number of benzene rings is 1. The van der Waals surface area contributed by atoms with Gasteiger partial charge in [0.05, 0.1) is 6.61 Å². The Hall–Kier alpha value is -1.10. The van der Waals surface area contributed by atoms with E-state index in [4.69, 9.17) is 9.47 Å². The van der Waals surface area contributed by atoms with Crippen LogP contribution in [0, 0.1) is 5.21 Å². The molecule has 76 valence electrons. The summed E-state index contributed by atoms with van der Waals surface area (Å²) in [6, 6.07) is 9.40. The van der Waals surface area contributed by atoms with Crippen LogP contribution in [0.4, 0.5) is 0 Å². The second-order valence-electron chi connectivity index (χ2n) is 3.09. The Kier molecular flexibility index (Phi) is 2.98. The molecule has 1 saturated heterocycles.